The van der Waals surface area contributed by atoms with Crippen LogP contribution in [0.2, 0.25) is 0 Å². The average molecular weight is 532 g/mol. The average Bonchev–Trinajstić information content (AvgIpc) is 3.32. The molecule has 2 saturated heterocycles. The van der Waals surface area contributed by atoms with Gasteiger partial charge in [-0.2, -0.15) is 0 Å². The molecule has 30 heavy (non-hydrogen) atoms. The molecule has 0 aromatic heterocycles. The Balaban J connectivity index is 0.00000320. The summed E-state index contributed by atoms with van der Waals surface area (Å²) in [7, 11) is 3.30. The molecule has 2 N–H and O–H groups in total. The number of nitrogens with one attached hydrogen (secondary N) is 2. The lowest BCUT2D eigenvalue weighted by Gasteiger charge is -2.45. The predicted molar refractivity (Wildman–Crippen MR) is 131 cm³/mol. The topological polar surface area (TPSA) is 67.4 Å². The van der Waals surface area contributed by atoms with E-state index >= 15 is 0 Å². The highest BCUT2D eigenvalue weighted by Crippen LogP contribution is 2.31. The van der Waals surface area contributed by atoms with Crippen LogP contribution in [0.3, 0.4) is 0 Å². The van der Waals surface area contributed by atoms with E-state index in [4.69, 9.17) is 19.2 Å². The van der Waals surface area contributed by atoms with Gasteiger partial charge in [0.1, 0.15) is 0 Å². The number of ether oxygens (including phenoxy) is 3. The number of likely N-dealkylation sites (tertiary alicyclic amines) is 1. The maximum absolute atomic E-state index is 5.66. The number of methoxy groups -OCH3 is 2. The first-order chi connectivity index (χ1) is 14.2. The van der Waals surface area contributed by atoms with Crippen LogP contribution < -0.4 is 20.1 Å². The zero-order valence-electron chi connectivity index (χ0n) is 18.5. The predicted octanol–water partition coefficient (Wildman–Crippen LogP) is 3.02. The molecule has 7 nitrogen and oxygen atoms in total. The van der Waals surface area contributed by atoms with Crippen LogP contribution in [-0.4, -0.2) is 70.0 Å². The Morgan fingerprint density at radius 2 is 1.80 bits per heavy atom. The van der Waals surface area contributed by atoms with Crippen molar-refractivity contribution in [1.82, 2.24) is 15.5 Å². The van der Waals surface area contributed by atoms with Crippen LogP contribution in [0.15, 0.2) is 23.2 Å². The summed E-state index contributed by atoms with van der Waals surface area (Å²) < 4.78 is 16.4. The number of hydrogen-bond acceptors (Lipinski definition) is 5. The molecule has 8 heteroatoms. The van der Waals surface area contributed by atoms with E-state index in [1.807, 2.05) is 18.2 Å². The Morgan fingerprint density at radius 3 is 2.43 bits per heavy atom. The minimum absolute atomic E-state index is 0. The largest absolute Gasteiger partial charge is 0.493 e. The number of aliphatic imine (C=N–C) groups is 1. The van der Waals surface area contributed by atoms with Crippen molar-refractivity contribution in [2.24, 2.45) is 4.99 Å². The monoisotopic (exact) mass is 532 g/mol. The Labute approximate surface area is 197 Å². The van der Waals surface area contributed by atoms with Gasteiger partial charge in [-0.3, -0.25) is 4.90 Å². The number of hydrogen-bond donors (Lipinski definition) is 2. The van der Waals surface area contributed by atoms with E-state index in [0.717, 1.165) is 62.2 Å². The van der Waals surface area contributed by atoms with Crippen LogP contribution in [0, 0.1) is 0 Å². The van der Waals surface area contributed by atoms with Crippen LogP contribution in [0.5, 0.6) is 11.5 Å². The molecule has 2 heterocycles. The molecule has 1 aromatic rings. The van der Waals surface area contributed by atoms with E-state index < -0.39 is 0 Å². The van der Waals surface area contributed by atoms with E-state index in [0.29, 0.717) is 6.54 Å². The van der Waals surface area contributed by atoms with Gasteiger partial charge in [-0.25, -0.2) is 4.99 Å². The summed E-state index contributed by atoms with van der Waals surface area (Å²) in [6.07, 6.45) is 4.76. The molecule has 2 aliphatic rings. The van der Waals surface area contributed by atoms with E-state index in [9.17, 15) is 0 Å². The molecule has 0 radical (unpaired) electrons. The fourth-order valence-corrected chi connectivity index (χ4v) is 4.29. The third-order valence-electron chi connectivity index (χ3n) is 6.00. The van der Waals surface area contributed by atoms with Gasteiger partial charge in [-0.1, -0.05) is 6.07 Å². The Bertz CT molecular complexity index is 674. The van der Waals surface area contributed by atoms with Crippen molar-refractivity contribution in [3.63, 3.8) is 0 Å². The third-order valence-corrected chi connectivity index (χ3v) is 6.00. The van der Waals surface area contributed by atoms with Crippen molar-refractivity contribution >= 4 is 29.9 Å². The van der Waals surface area contributed by atoms with Gasteiger partial charge in [-0.05, 0) is 63.4 Å². The minimum Gasteiger partial charge on any atom is -0.493 e. The van der Waals surface area contributed by atoms with Gasteiger partial charge >= 0.3 is 0 Å². The summed E-state index contributed by atoms with van der Waals surface area (Å²) in [5, 5.41) is 7.00. The number of benzene rings is 1. The van der Waals surface area contributed by atoms with Gasteiger partial charge in [0.15, 0.2) is 17.5 Å². The summed E-state index contributed by atoms with van der Waals surface area (Å²) in [6.45, 7) is 8.48. The number of nitrogens with zero attached hydrogens (tertiary/aromatic N) is 2. The zero-order valence-corrected chi connectivity index (χ0v) is 20.9. The summed E-state index contributed by atoms with van der Waals surface area (Å²) in [5.41, 5.74) is 1.26. The molecular weight excluding hydrogens is 495 g/mol. The zero-order chi connectivity index (χ0) is 20.5. The Hall–Kier alpha value is -1.26. The van der Waals surface area contributed by atoms with Crippen molar-refractivity contribution in [2.75, 3.05) is 53.6 Å². The van der Waals surface area contributed by atoms with Gasteiger partial charge < -0.3 is 24.8 Å². The van der Waals surface area contributed by atoms with Crippen LogP contribution in [0.25, 0.3) is 0 Å². The van der Waals surface area contributed by atoms with Crippen LogP contribution in [0.1, 0.15) is 38.2 Å². The Kier molecular flexibility index (Phi) is 10.5. The van der Waals surface area contributed by atoms with Gasteiger partial charge in [-0.15, -0.1) is 24.0 Å². The van der Waals surface area contributed by atoms with Crippen LogP contribution in [0.4, 0.5) is 0 Å². The van der Waals surface area contributed by atoms with Gasteiger partial charge in [0.2, 0.25) is 0 Å². The first-order valence-electron chi connectivity index (χ1n) is 10.8. The summed E-state index contributed by atoms with van der Waals surface area (Å²) in [4.78, 5) is 7.47. The van der Waals surface area contributed by atoms with Gasteiger partial charge in [0.05, 0.1) is 20.8 Å². The molecule has 2 aliphatic heterocycles. The second-order valence-corrected chi connectivity index (χ2v) is 7.77. The fraction of sp³-hybridized carbons (Fsp3) is 0.682. The first kappa shape index (κ1) is 25.0. The standard InChI is InChI=1S/C22H36N4O3.HI/c1-4-23-21(24-16-18-7-8-19(27-2)20(15-18)28-3)25-17-22(9-13-29-14-10-22)26-11-5-6-12-26;/h7-8,15H,4-6,9-14,16-17H2,1-3H3,(H2,23,24,25);1H. The Morgan fingerprint density at radius 1 is 1.10 bits per heavy atom. The fourth-order valence-electron chi connectivity index (χ4n) is 4.29. The minimum atomic E-state index is 0. The quantitative estimate of drug-likeness (QED) is 0.305. The highest BCUT2D eigenvalue weighted by atomic mass is 127. The molecule has 0 spiro atoms. The van der Waals surface area contributed by atoms with E-state index in [1.165, 1.54) is 25.9 Å². The van der Waals surface area contributed by atoms with Crippen LogP contribution in [-0.2, 0) is 11.3 Å². The molecule has 0 unspecified atom stereocenters. The normalized spacial score (nSPS) is 19.1. The SMILES string of the molecule is CCNC(=NCc1ccc(OC)c(OC)c1)NCC1(N2CCCC2)CCOCC1.I. The lowest BCUT2D eigenvalue weighted by Crippen LogP contribution is -2.58. The molecule has 3 rings (SSSR count). The number of halogens is 1. The molecule has 0 aliphatic carbocycles. The van der Waals surface area contributed by atoms with Crippen molar-refractivity contribution in [3.8, 4) is 11.5 Å². The second kappa shape index (κ2) is 12.6. The molecule has 0 atom stereocenters. The van der Waals surface area contributed by atoms with Crippen molar-refractivity contribution < 1.29 is 14.2 Å². The molecule has 0 amide bonds. The third kappa shape index (κ3) is 6.37. The maximum atomic E-state index is 5.66. The smallest absolute Gasteiger partial charge is 0.191 e. The van der Waals surface area contributed by atoms with Gasteiger partial charge in [0.25, 0.3) is 0 Å². The number of guanidine groups is 1. The van der Waals surface area contributed by atoms with Crippen molar-refractivity contribution in [2.45, 2.75) is 44.7 Å². The van der Waals surface area contributed by atoms with Crippen LogP contribution >= 0.6 is 24.0 Å². The summed E-state index contributed by atoms with van der Waals surface area (Å²) in [5.74, 6) is 2.32. The maximum Gasteiger partial charge on any atom is 0.191 e. The van der Waals surface area contributed by atoms with Crippen molar-refractivity contribution in [1.29, 1.82) is 0 Å². The number of rotatable bonds is 8. The summed E-state index contributed by atoms with van der Waals surface area (Å²) >= 11 is 0. The highest BCUT2D eigenvalue weighted by Gasteiger charge is 2.39. The lowest BCUT2D eigenvalue weighted by atomic mass is 9.88. The lowest BCUT2D eigenvalue weighted by molar-refractivity contribution is -0.0164. The summed E-state index contributed by atoms with van der Waals surface area (Å²) in [6, 6.07) is 5.93. The molecular formula is C22H37IN4O3. The first-order valence-corrected chi connectivity index (χ1v) is 10.8. The molecule has 0 bridgehead atoms. The highest BCUT2D eigenvalue weighted by molar-refractivity contribution is 14.0. The molecule has 0 saturated carbocycles. The molecule has 1 aromatic carbocycles. The van der Waals surface area contributed by atoms with Gasteiger partial charge in [0, 0.05) is 31.8 Å². The molecule has 170 valence electrons. The molecule has 2 fully saturated rings. The van der Waals surface area contributed by atoms with E-state index in [-0.39, 0.29) is 29.5 Å². The van der Waals surface area contributed by atoms with Crippen molar-refractivity contribution in [3.05, 3.63) is 23.8 Å². The second-order valence-electron chi connectivity index (χ2n) is 7.77. The van der Waals surface area contributed by atoms with E-state index in [1.54, 1.807) is 14.2 Å². The van der Waals surface area contributed by atoms with E-state index in [2.05, 4.69) is 22.5 Å².